The molecule has 0 atom stereocenters. The summed E-state index contributed by atoms with van der Waals surface area (Å²) in [6, 6.07) is 50.5. The summed E-state index contributed by atoms with van der Waals surface area (Å²) in [4.78, 5) is 0. The molecule has 0 nitrogen and oxygen atoms in total. The highest BCUT2D eigenvalue weighted by Crippen LogP contribution is 2.46. The minimum absolute atomic E-state index is 0.0238. The molecule has 0 amide bonds. The van der Waals surface area contributed by atoms with E-state index in [1.165, 1.54) is 0 Å². The Bertz CT molecular complexity index is 3730. The molecular formula is C56H34. The average molecular weight is 715 g/mol. The van der Waals surface area contributed by atoms with Gasteiger partial charge in [-0.3, -0.25) is 0 Å². The molecule has 0 bridgehead atoms. The topological polar surface area (TPSA) is 0 Å². The second-order valence-corrected chi connectivity index (χ2v) is 14.5. The fourth-order valence-corrected chi connectivity index (χ4v) is 9.02. The van der Waals surface area contributed by atoms with Gasteiger partial charge in [0.05, 0.1) is 11.0 Å². The zero-order valence-electron chi connectivity index (χ0n) is 38.0. The molecule has 0 spiro atoms. The minimum Gasteiger partial charge on any atom is -0.0616 e. The second kappa shape index (κ2) is 12.1. The third-order valence-corrected chi connectivity index (χ3v) is 11.5. The van der Waals surface area contributed by atoms with Gasteiger partial charge in [0.2, 0.25) is 0 Å². The summed E-state index contributed by atoms with van der Waals surface area (Å²) in [5.41, 5.74) is 5.81. The summed E-state index contributed by atoms with van der Waals surface area (Å²) in [6.07, 6.45) is 0. The first-order valence-electron chi connectivity index (χ1n) is 22.9. The van der Waals surface area contributed by atoms with Gasteiger partial charge in [-0.15, -0.1) is 0 Å². The van der Waals surface area contributed by atoms with Crippen molar-refractivity contribution in [1.29, 1.82) is 0 Å². The SMILES string of the molecule is [2H]c1c([2H])c2c([2H])c([2H])c3c(-c4ccc(-c5cccc6ccccc56)c5ccccc45)c([2H])c([2H])c4c([2H])c([2H])c(c1-c1ccc(-c5cccc6ccccc56)c5ccccc15)c2c43. The monoisotopic (exact) mass is 714 g/mol. The normalized spacial score (nSPS) is 13.9. The van der Waals surface area contributed by atoms with Gasteiger partial charge >= 0.3 is 0 Å². The summed E-state index contributed by atoms with van der Waals surface area (Å²) in [5.74, 6) is 0. The Kier molecular flexibility index (Phi) is 5.23. The molecule has 0 saturated heterocycles. The first-order chi connectivity index (χ1) is 31.2. The molecule has 0 fully saturated rings. The molecule has 0 heterocycles. The molecule has 56 heavy (non-hydrogen) atoms. The zero-order chi connectivity index (χ0) is 43.7. The number of benzene rings is 12. The van der Waals surface area contributed by atoms with Crippen LogP contribution in [0.15, 0.2) is 206 Å². The summed E-state index contributed by atoms with van der Waals surface area (Å²) < 4.78 is 76.8. The Labute approximate surface area is 336 Å². The molecule has 12 rings (SSSR count). The lowest BCUT2D eigenvalue weighted by Crippen LogP contribution is -1.92. The van der Waals surface area contributed by atoms with Crippen LogP contribution in [0.1, 0.15) is 11.0 Å². The van der Waals surface area contributed by atoms with E-state index >= 15 is 0 Å². The molecule has 0 aliphatic rings. The molecule has 0 radical (unpaired) electrons. The van der Waals surface area contributed by atoms with Crippen LogP contribution in [0.25, 0.3) is 120 Å². The van der Waals surface area contributed by atoms with Crippen molar-refractivity contribution >= 4 is 75.4 Å². The maximum absolute atomic E-state index is 9.66. The second-order valence-electron chi connectivity index (χ2n) is 14.5. The van der Waals surface area contributed by atoms with Crippen LogP contribution in [-0.4, -0.2) is 0 Å². The van der Waals surface area contributed by atoms with Gasteiger partial charge in [0.1, 0.15) is 0 Å². The summed E-state index contributed by atoms with van der Waals surface area (Å²) in [6.45, 7) is 0. The maximum Gasteiger partial charge on any atom is 0.0630 e. The van der Waals surface area contributed by atoms with E-state index in [-0.39, 0.29) is 91.8 Å². The van der Waals surface area contributed by atoms with Crippen LogP contribution >= 0.6 is 0 Å². The van der Waals surface area contributed by atoms with Crippen molar-refractivity contribution in [3.63, 3.8) is 0 Å². The standard InChI is InChI=1S/C56H34/c1-3-15-39-35(11-1)13-9-21-41(39)47-31-33-49(45-19-7-5-17-43(45)47)51-27-23-37-26-30-54-52(28-24-38-25-29-53(51)55(37)56(38)54)50-34-32-48(44-18-6-8-20-46(44)50)42-22-10-14-36-12-2-4-16-40(36)42/h1-34H/i23D,24D,25D,26D,27D,28D,29D,30D. The lowest BCUT2D eigenvalue weighted by Gasteiger charge is -2.19. The van der Waals surface area contributed by atoms with Gasteiger partial charge in [0.25, 0.3) is 0 Å². The Morgan fingerprint density at radius 1 is 0.196 bits per heavy atom. The largest absolute Gasteiger partial charge is 0.0630 e. The molecular weight excluding hydrogens is 673 g/mol. The van der Waals surface area contributed by atoms with E-state index in [1.807, 2.05) is 109 Å². The van der Waals surface area contributed by atoms with E-state index < -0.39 is 0 Å². The van der Waals surface area contributed by atoms with Crippen molar-refractivity contribution in [2.24, 2.45) is 0 Å². The molecule has 0 aliphatic carbocycles. The number of rotatable bonds is 4. The lowest BCUT2D eigenvalue weighted by atomic mass is 9.84. The van der Waals surface area contributed by atoms with E-state index in [1.54, 1.807) is 0 Å². The first kappa shape index (κ1) is 24.2. The Morgan fingerprint density at radius 2 is 0.500 bits per heavy atom. The summed E-state index contributed by atoms with van der Waals surface area (Å²) >= 11 is 0. The van der Waals surface area contributed by atoms with E-state index in [9.17, 15) is 11.0 Å². The van der Waals surface area contributed by atoms with Crippen molar-refractivity contribution < 1.29 is 11.0 Å². The van der Waals surface area contributed by atoms with Crippen LogP contribution in [0.3, 0.4) is 0 Å². The highest BCUT2D eigenvalue weighted by atomic mass is 14.2. The molecule has 0 heteroatoms. The smallest absolute Gasteiger partial charge is 0.0616 e. The molecule has 0 aromatic heterocycles. The highest BCUT2D eigenvalue weighted by molar-refractivity contribution is 6.29. The molecule has 0 aliphatic heterocycles. The van der Waals surface area contributed by atoms with Crippen LogP contribution in [0.4, 0.5) is 0 Å². The van der Waals surface area contributed by atoms with Gasteiger partial charge < -0.3 is 0 Å². The summed E-state index contributed by atoms with van der Waals surface area (Å²) in [7, 11) is 0. The molecule has 12 aromatic rings. The highest BCUT2D eigenvalue weighted by Gasteiger charge is 2.19. The van der Waals surface area contributed by atoms with E-state index in [2.05, 4.69) is 48.5 Å². The lowest BCUT2D eigenvalue weighted by molar-refractivity contribution is 1.66. The maximum atomic E-state index is 9.66. The van der Waals surface area contributed by atoms with Crippen LogP contribution in [0.5, 0.6) is 0 Å². The van der Waals surface area contributed by atoms with Gasteiger partial charge in [-0.05, 0) is 120 Å². The number of fused-ring (bicyclic) bond motifs is 4. The Morgan fingerprint density at radius 3 is 0.911 bits per heavy atom. The third kappa shape index (κ3) is 4.54. The van der Waals surface area contributed by atoms with Gasteiger partial charge in [0.15, 0.2) is 0 Å². The summed E-state index contributed by atoms with van der Waals surface area (Å²) in [5, 5.41) is 8.86. The van der Waals surface area contributed by atoms with Crippen LogP contribution in [-0.2, 0) is 0 Å². The Hall–Kier alpha value is -7.28. The van der Waals surface area contributed by atoms with Crippen LogP contribution < -0.4 is 0 Å². The predicted molar refractivity (Wildman–Crippen MR) is 242 cm³/mol. The molecule has 12 aromatic carbocycles. The van der Waals surface area contributed by atoms with Crippen molar-refractivity contribution in [3.05, 3.63) is 206 Å². The van der Waals surface area contributed by atoms with E-state index in [4.69, 9.17) is 0 Å². The zero-order valence-corrected chi connectivity index (χ0v) is 30.0. The van der Waals surface area contributed by atoms with Crippen molar-refractivity contribution in [2.75, 3.05) is 0 Å². The minimum atomic E-state index is -0.299. The third-order valence-electron chi connectivity index (χ3n) is 11.5. The quantitative estimate of drug-likeness (QED) is 0.159. The van der Waals surface area contributed by atoms with Crippen molar-refractivity contribution in [3.8, 4) is 44.5 Å². The van der Waals surface area contributed by atoms with Crippen molar-refractivity contribution in [1.82, 2.24) is 0 Å². The Balaban J connectivity index is 1.20. The predicted octanol–water partition coefficient (Wildman–Crippen LogP) is 15.9. The van der Waals surface area contributed by atoms with Crippen molar-refractivity contribution in [2.45, 2.75) is 0 Å². The van der Waals surface area contributed by atoms with E-state index in [0.717, 1.165) is 65.3 Å². The van der Waals surface area contributed by atoms with Gasteiger partial charge in [0, 0.05) is 0 Å². The molecule has 0 N–H and O–H groups in total. The molecule has 0 saturated carbocycles. The fraction of sp³-hybridized carbons (Fsp3) is 0. The first-order valence-corrected chi connectivity index (χ1v) is 18.9. The number of hydrogen-bond donors (Lipinski definition) is 0. The van der Waals surface area contributed by atoms with Gasteiger partial charge in [-0.1, -0.05) is 206 Å². The molecule has 0 unspecified atom stereocenters. The van der Waals surface area contributed by atoms with Gasteiger partial charge in [-0.2, -0.15) is 0 Å². The van der Waals surface area contributed by atoms with Crippen LogP contribution in [0.2, 0.25) is 0 Å². The van der Waals surface area contributed by atoms with E-state index in [0.29, 0.717) is 11.1 Å². The average Bonchev–Trinajstić information content (AvgIpc) is 3.33. The number of hydrogen-bond acceptors (Lipinski definition) is 0. The van der Waals surface area contributed by atoms with Gasteiger partial charge in [-0.25, -0.2) is 0 Å². The van der Waals surface area contributed by atoms with Crippen LogP contribution in [0, 0.1) is 0 Å². The fourth-order valence-electron chi connectivity index (χ4n) is 9.02. The molecule has 258 valence electrons.